The Bertz CT molecular complexity index is 869. The molecule has 1 atom stereocenters. The number of carbonyl (C=O) groups is 1. The van der Waals surface area contributed by atoms with E-state index >= 15 is 0 Å². The largest absolute Gasteiger partial charge is 0.573 e. The van der Waals surface area contributed by atoms with Crippen molar-refractivity contribution in [3.05, 3.63) is 65.2 Å². The van der Waals surface area contributed by atoms with Crippen LogP contribution in [0, 0.1) is 0 Å². The molecule has 7 heteroatoms. The Morgan fingerprint density at radius 1 is 1.04 bits per heavy atom. The molecular formula is C21H21F3N2O2. The molecule has 0 bridgehead atoms. The minimum Gasteiger partial charge on any atom is -0.406 e. The number of likely N-dealkylation sites (tertiary alicyclic amines) is 1. The topological polar surface area (TPSA) is 32.8 Å². The van der Waals surface area contributed by atoms with Gasteiger partial charge in [-0.1, -0.05) is 30.3 Å². The predicted molar refractivity (Wildman–Crippen MR) is 98.0 cm³/mol. The third-order valence-electron chi connectivity index (χ3n) is 5.44. The van der Waals surface area contributed by atoms with E-state index in [0.29, 0.717) is 13.1 Å². The number of fused-ring (bicyclic) bond motifs is 1. The van der Waals surface area contributed by atoms with Gasteiger partial charge in [0.25, 0.3) is 5.91 Å². The number of amides is 1. The highest BCUT2D eigenvalue weighted by atomic mass is 19.4. The van der Waals surface area contributed by atoms with Crippen molar-refractivity contribution < 1.29 is 22.7 Å². The lowest BCUT2D eigenvalue weighted by atomic mass is 9.98. The number of hydrogen-bond acceptors (Lipinski definition) is 3. The second kappa shape index (κ2) is 7.47. The van der Waals surface area contributed by atoms with Gasteiger partial charge in [0.2, 0.25) is 0 Å². The second-order valence-corrected chi connectivity index (χ2v) is 7.26. The van der Waals surface area contributed by atoms with Crippen LogP contribution in [-0.4, -0.2) is 47.7 Å². The Kier molecular flexibility index (Phi) is 5.02. The van der Waals surface area contributed by atoms with Crippen molar-refractivity contribution in [2.45, 2.75) is 31.8 Å². The van der Waals surface area contributed by atoms with Crippen LogP contribution in [0.25, 0.3) is 0 Å². The zero-order chi connectivity index (χ0) is 19.7. The van der Waals surface area contributed by atoms with E-state index in [1.807, 2.05) is 6.07 Å². The molecule has 1 saturated heterocycles. The smallest absolute Gasteiger partial charge is 0.406 e. The molecule has 2 aliphatic rings. The number of hydrogen-bond donors (Lipinski definition) is 0. The van der Waals surface area contributed by atoms with Crippen molar-refractivity contribution >= 4 is 5.91 Å². The van der Waals surface area contributed by atoms with Crippen molar-refractivity contribution in [2.75, 3.05) is 19.6 Å². The maximum absolute atomic E-state index is 12.8. The Balaban J connectivity index is 1.41. The molecule has 2 aromatic carbocycles. The molecule has 0 spiro atoms. The molecule has 0 aliphatic carbocycles. The van der Waals surface area contributed by atoms with Crippen LogP contribution in [0.4, 0.5) is 13.2 Å². The van der Waals surface area contributed by atoms with Crippen molar-refractivity contribution in [3.63, 3.8) is 0 Å². The minimum atomic E-state index is -4.77. The molecule has 2 aliphatic heterocycles. The molecule has 2 heterocycles. The lowest BCUT2D eigenvalue weighted by molar-refractivity contribution is -0.274. The maximum Gasteiger partial charge on any atom is 0.573 e. The van der Waals surface area contributed by atoms with Crippen LogP contribution in [0.15, 0.2) is 48.5 Å². The van der Waals surface area contributed by atoms with Gasteiger partial charge in [0, 0.05) is 37.8 Å². The molecule has 0 radical (unpaired) electrons. The maximum atomic E-state index is 12.8. The van der Waals surface area contributed by atoms with E-state index in [1.165, 1.54) is 29.3 Å². The summed E-state index contributed by atoms with van der Waals surface area (Å²) < 4.78 is 41.2. The first kappa shape index (κ1) is 18.8. The lowest BCUT2D eigenvalue weighted by Gasteiger charge is -2.33. The average molecular weight is 390 g/mol. The van der Waals surface area contributed by atoms with Crippen molar-refractivity contribution in [1.29, 1.82) is 0 Å². The van der Waals surface area contributed by atoms with E-state index in [2.05, 4.69) is 27.8 Å². The quantitative estimate of drug-likeness (QED) is 0.798. The fourth-order valence-electron chi connectivity index (χ4n) is 4.06. The Morgan fingerprint density at radius 3 is 2.61 bits per heavy atom. The van der Waals surface area contributed by atoms with E-state index in [0.717, 1.165) is 32.0 Å². The van der Waals surface area contributed by atoms with Crippen LogP contribution in [-0.2, 0) is 13.0 Å². The number of carbonyl (C=O) groups excluding carboxylic acids is 1. The van der Waals surface area contributed by atoms with Gasteiger partial charge in [0.15, 0.2) is 0 Å². The Labute approximate surface area is 161 Å². The van der Waals surface area contributed by atoms with Crippen LogP contribution >= 0.6 is 0 Å². The van der Waals surface area contributed by atoms with Gasteiger partial charge in [-0.3, -0.25) is 9.69 Å². The molecule has 28 heavy (non-hydrogen) atoms. The molecule has 0 aromatic heterocycles. The highest BCUT2D eigenvalue weighted by molar-refractivity contribution is 5.94. The lowest BCUT2D eigenvalue weighted by Crippen LogP contribution is -2.41. The molecule has 0 saturated carbocycles. The summed E-state index contributed by atoms with van der Waals surface area (Å²) in [6.45, 7) is 3.02. The normalized spacial score (nSPS) is 20.1. The summed E-state index contributed by atoms with van der Waals surface area (Å²) in [4.78, 5) is 16.9. The third-order valence-corrected chi connectivity index (χ3v) is 5.44. The molecule has 1 fully saturated rings. The number of ether oxygens (including phenoxy) is 1. The van der Waals surface area contributed by atoms with Gasteiger partial charge in [-0.15, -0.1) is 13.2 Å². The number of alkyl halides is 3. The fraction of sp³-hybridized carbons (Fsp3) is 0.381. The molecule has 148 valence electrons. The van der Waals surface area contributed by atoms with Gasteiger partial charge in [0.05, 0.1) is 0 Å². The van der Waals surface area contributed by atoms with Gasteiger partial charge < -0.3 is 9.64 Å². The Hall–Kier alpha value is -2.54. The Morgan fingerprint density at radius 2 is 1.82 bits per heavy atom. The van der Waals surface area contributed by atoms with Gasteiger partial charge >= 0.3 is 6.36 Å². The zero-order valence-electron chi connectivity index (χ0n) is 15.3. The number of benzene rings is 2. The van der Waals surface area contributed by atoms with Crippen LogP contribution in [0.5, 0.6) is 5.75 Å². The first-order valence-corrected chi connectivity index (χ1v) is 9.35. The van der Waals surface area contributed by atoms with Crippen LogP contribution in [0.1, 0.15) is 27.9 Å². The van der Waals surface area contributed by atoms with Gasteiger partial charge in [0.1, 0.15) is 5.75 Å². The summed E-state index contributed by atoms with van der Waals surface area (Å²) in [6.07, 6.45) is -2.91. The first-order chi connectivity index (χ1) is 13.4. The van der Waals surface area contributed by atoms with E-state index in [1.54, 1.807) is 4.90 Å². The standard InChI is InChI=1S/C21H21F3N2O2/c22-21(23,24)28-19-7-3-6-16(12-19)20(27)26-11-9-18(14-26)25-10-8-15-4-1-2-5-17(15)13-25/h1-7,12,18H,8-11,13-14H2. The molecule has 2 aromatic rings. The van der Waals surface area contributed by atoms with Crippen LogP contribution < -0.4 is 4.74 Å². The highest BCUT2D eigenvalue weighted by Crippen LogP contribution is 2.27. The molecule has 1 amide bonds. The van der Waals surface area contributed by atoms with E-state index < -0.39 is 6.36 Å². The zero-order valence-corrected chi connectivity index (χ0v) is 15.3. The summed E-state index contributed by atoms with van der Waals surface area (Å²) >= 11 is 0. The molecule has 1 unspecified atom stereocenters. The predicted octanol–water partition coefficient (Wildman–Crippen LogP) is 3.86. The van der Waals surface area contributed by atoms with Crippen molar-refractivity contribution in [2.24, 2.45) is 0 Å². The minimum absolute atomic E-state index is 0.214. The van der Waals surface area contributed by atoms with Crippen molar-refractivity contribution in [3.8, 4) is 5.75 Å². The molecule has 4 nitrogen and oxygen atoms in total. The van der Waals surface area contributed by atoms with E-state index in [4.69, 9.17) is 0 Å². The van der Waals surface area contributed by atoms with Crippen LogP contribution in [0.3, 0.4) is 0 Å². The monoisotopic (exact) mass is 390 g/mol. The third kappa shape index (κ3) is 4.14. The summed E-state index contributed by atoms with van der Waals surface area (Å²) in [7, 11) is 0. The molecular weight excluding hydrogens is 369 g/mol. The fourth-order valence-corrected chi connectivity index (χ4v) is 4.06. The number of halogens is 3. The molecule has 4 rings (SSSR count). The number of nitrogens with zero attached hydrogens (tertiary/aromatic N) is 2. The summed E-state index contributed by atoms with van der Waals surface area (Å²) in [5.74, 6) is -0.630. The summed E-state index contributed by atoms with van der Waals surface area (Å²) in [5, 5.41) is 0. The summed E-state index contributed by atoms with van der Waals surface area (Å²) in [5.41, 5.74) is 2.92. The van der Waals surface area contributed by atoms with Crippen molar-refractivity contribution in [1.82, 2.24) is 9.80 Å². The van der Waals surface area contributed by atoms with Gasteiger partial charge in [-0.2, -0.15) is 0 Å². The van der Waals surface area contributed by atoms with E-state index in [-0.39, 0.29) is 23.3 Å². The average Bonchev–Trinajstić information content (AvgIpc) is 3.16. The molecule has 0 N–H and O–H groups in total. The number of rotatable bonds is 3. The summed E-state index contributed by atoms with van der Waals surface area (Å²) in [6, 6.07) is 14.0. The van der Waals surface area contributed by atoms with Gasteiger partial charge in [-0.25, -0.2) is 0 Å². The van der Waals surface area contributed by atoms with Crippen LogP contribution in [0.2, 0.25) is 0 Å². The second-order valence-electron chi connectivity index (χ2n) is 7.26. The SMILES string of the molecule is O=C(c1cccc(OC(F)(F)F)c1)N1CCC(N2CCc3ccccc3C2)C1. The van der Waals surface area contributed by atoms with Gasteiger partial charge in [-0.05, 0) is 42.2 Å². The van der Waals surface area contributed by atoms with E-state index in [9.17, 15) is 18.0 Å². The highest BCUT2D eigenvalue weighted by Gasteiger charge is 2.33. The first-order valence-electron chi connectivity index (χ1n) is 9.35.